The standard InChI is InChI=1S/C14H23NO2/c1-13(2,3)17-12-7-5-11(6-8-12)14(4,15)9-10-16/h5-8,16H,9-10,15H2,1-4H3. The van der Waals surface area contributed by atoms with Gasteiger partial charge in [0.2, 0.25) is 0 Å². The lowest BCUT2D eigenvalue weighted by molar-refractivity contribution is 0.131. The first kappa shape index (κ1) is 14.0. The van der Waals surface area contributed by atoms with Gasteiger partial charge in [-0.3, -0.25) is 0 Å². The van der Waals surface area contributed by atoms with Gasteiger partial charge in [0, 0.05) is 12.1 Å². The summed E-state index contributed by atoms with van der Waals surface area (Å²) in [5, 5.41) is 8.97. The summed E-state index contributed by atoms with van der Waals surface area (Å²) in [5.74, 6) is 0.834. The molecule has 0 heterocycles. The highest BCUT2D eigenvalue weighted by molar-refractivity contribution is 5.31. The quantitative estimate of drug-likeness (QED) is 0.845. The number of hydrogen-bond acceptors (Lipinski definition) is 3. The lowest BCUT2D eigenvalue weighted by atomic mass is 9.90. The molecule has 1 unspecified atom stereocenters. The highest BCUT2D eigenvalue weighted by Gasteiger charge is 2.20. The first-order valence-electron chi connectivity index (χ1n) is 5.94. The van der Waals surface area contributed by atoms with Crippen molar-refractivity contribution < 1.29 is 9.84 Å². The molecule has 0 aliphatic rings. The summed E-state index contributed by atoms with van der Waals surface area (Å²) < 4.78 is 5.74. The van der Waals surface area contributed by atoms with E-state index in [9.17, 15) is 0 Å². The van der Waals surface area contributed by atoms with E-state index in [0.29, 0.717) is 6.42 Å². The van der Waals surface area contributed by atoms with Crippen LogP contribution in [0.25, 0.3) is 0 Å². The Hall–Kier alpha value is -1.06. The van der Waals surface area contributed by atoms with Crippen LogP contribution in [0.1, 0.15) is 39.7 Å². The van der Waals surface area contributed by atoms with E-state index in [1.807, 2.05) is 52.0 Å². The molecular formula is C14H23NO2. The SMILES string of the molecule is CC(C)(C)Oc1ccc(C(C)(N)CCO)cc1. The van der Waals surface area contributed by atoms with Crippen LogP contribution in [0.15, 0.2) is 24.3 Å². The van der Waals surface area contributed by atoms with Gasteiger partial charge >= 0.3 is 0 Å². The maximum Gasteiger partial charge on any atom is 0.120 e. The highest BCUT2D eigenvalue weighted by atomic mass is 16.5. The van der Waals surface area contributed by atoms with Crippen LogP contribution >= 0.6 is 0 Å². The van der Waals surface area contributed by atoms with Crippen molar-refractivity contribution in [1.82, 2.24) is 0 Å². The van der Waals surface area contributed by atoms with Crippen LogP contribution in [0.3, 0.4) is 0 Å². The Morgan fingerprint density at radius 2 is 1.65 bits per heavy atom. The number of aliphatic hydroxyl groups excluding tert-OH is 1. The molecule has 3 heteroatoms. The maximum atomic E-state index is 8.97. The second kappa shape index (κ2) is 5.07. The Kier molecular flexibility index (Phi) is 4.17. The molecule has 0 saturated carbocycles. The number of aliphatic hydroxyl groups is 1. The Morgan fingerprint density at radius 3 is 2.06 bits per heavy atom. The van der Waals surface area contributed by atoms with Gasteiger partial charge in [-0.2, -0.15) is 0 Å². The summed E-state index contributed by atoms with van der Waals surface area (Å²) >= 11 is 0. The van der Waals surface area contributed by atoms with E-state index < -0.39 is 5.54 Å². The Balaban J connectivity index is 2.81. The average molecular weight is 237 g/mol. The summed E-state index contributed by atoms with van der Waals surface area (Å²) in [6.45, 7) is 8.05. The van der Waals surface area contributed by atoms with Gasteiger partial charge in [-0.05, 0) is 51.8 Å². The van der Waals surface area contributed by atoms with Crippen LogP contribution in [-0.2, 0) is 5.54 Å². The Morgan fingerprint density at radius 1 is 1.12 bits per heavy atom. The van der Waals surface area contributed by atoms with Crippen LogP contribution in [-0.4, -0.2) is 17.3 Å². The van der Waals surface area contributed by atoms with E-state index in [2.05, 4.69) is 0 Å². The molecule has 0 aliphatic heterocycles. The summed E-state index contributed by atoms with van der Waals surface area (Å²) in [4.78, 5) is 0. The van der Waals surface area contributed by atoms with Crippen LogP contribution in [0, 0.1) is 0 Å². The second-order valence-corrected chi connectivity index (χ2v) is 5.63. The first-order chi connectivity index (χ1) is 7.74. The molecule has 1 aromatic rings. The molecule has 1 atom stereocenters. The third-order valence-electron chi connectivity index (χ3n) is 2.57. The zero-order valence-corrected chi connectivity index (χ0v) is 11.2. The summed E-state index contributed by atoms with van der Waals surface area (Å²) in [6.07, 6.45) is 0.548. The van der Waals surface area contributed by atoms with Gasteiger partial charge in [0.05, 0.1) is 0 Å². The van der Waals surface area contributed by atoms with Gasteiger partial charge in [-0.25, -0.2) is 0 Å². The van der Waals surface area contributed by atoms with Crippen LogP contribution in [0.4, 0.5) is 0 Å². The van der Waals surface area contributed by atoms with E-state index in [-0.39, 0.29) is 12.2 Å². The van der Waals surface area contributed by atoms with Crippen molar-refractivity contribution in [3.63, 3.8) is 0 Å². The van der Waals surface area contributed by atoms with Crippen molar-refractivity contribution in [2.45, 2.75) is 45.3 Å². The van der Waals surface area contributed by atoms with E-state index in [1.54, 1.807) is 0 Å². The number of hydrogen-bond donors (Lipinski definition) is 2. The minimum atomic E-state index is -0.491. The predicted octanol–water partition coefficient (Wildman–Crippen LogP) is 2.42. The Bertz CT molecular complexity index is 349. The van der Waals surface area contributed by atoms with Gasteiger partial charge in [0.25, 0.3) is 0 Å². The molecule has 0 bridgehead atoms. The van der Waals surface area contributed by atoms with Crippen molar-refractivity contribution >= 4 is 0 Å². The van der Waals surface area contributed by atoms with Gasteiger partial charge in [0.1, 0.15) is 11.4 Å². The number of ether oxygens (including phenoxy) is 1. The average Bonchev–Trinajstić information content (AvgIpc) is 2.15. The molecule has 0 saturated heterocycles. The molecule has 0 aromatic heterocycles. The van der Waals surface area contributed by atoms with Crippen molar-refractivity contribution in [2.24, 2.45) is 5.73 Å². The molecule has 0 aliphatic carbocycles. The van der Waals surface area contributed by atoms with Gasteiger partial charge in [-0.1, -0.05) is 12.1 Å². The molecule has 0 radical (unpaired) electrons. The third-order valence-corrected chi connectivity index (χ3v) is 2.57. The fraction of sp³-hybridized carbons (Fsp3) is 0.571. The molecule has 17 heavy (non-hydrogen) atoms. The number of nitrogens with two attached hydrogens (primary N) is 1. The normalized spacial score (nSPS) is 15.4. The lowest BCUT2D eigenvalue weighted by Gasteiger charge is -2.25. The largest absolute Gasteiger partial charge is 0.488 e. The molecule has 1 aromatic carbocycles. The lowest BCUT2D eigenvalue weighted by Crippen LogP contribution is -2.34. The third kappa shape index (κ3) is 4.36. The zero-order valence-electron chi connectivity index (χ0n) is 11.2. The monoisotopic (exact) mass is 237 g/mol. The predicted molar refractivity (Wildman–Crippen MR) is 70.1 cm³/mol. The molecule has 3 N–H and O–H groups in total. The fourth-order valence-corrected chi connectivity index (χ4v) is 1.63. The number of benzene rings is 1. The van der Waals surface area contributed by atoms with E-state index in [0.717, 1.165) is 11.3 Å². The molecule has 1 rings (SSSR count). The van der Waals surface area contributed by atoms with Crippen LogP contribution in [0.5, 0.6) is 5.75 Å². The minimum absolute atomic E-state index is 0.0905. The summed E-state index contributed by atoms with van der Waals surface area (Å²) in [7, 11) is 0. The van der Waals surface area contributed by atoms with Gasteiger partial charge < -0.3 is 15.6 Å². The first-order valence-corrected chi connectivity index (χ1v) is 5.94. The number of rotatable bonds is 4. The van der Waals surface area contributed by atoms with E-state index >= 15 is 0 Å². The molecule has 0 fully saturated rings. The molecule has 0 amide bonds. The van der Waals surface area contributed by atoms with Crippen molar-refractivity contribution in [2.75, 3.05) is 6.61 Å². The van der Waals surface area contributed by atoms with Crippen LogP contribution < -0.4 is 10.5 Å². The zero-order chi connectivity index (χ0) is 13.1. The highest BCUT2D eigenvalue weighted by Crippen LogP contribution is 2.25. The maximum absolute atomic E-state index is 8.97. The smallest absolute Gasteiger partial charge is 0.120 e. The van der Waals surface area contributed by atoms with Crippen molar-refractivity contribution in [3.05, 3.63) is 29.8 Å². The molecule has 0 spiro atoms. The molecule has 3 nitrogen and oxygen atoms in total. The van der Waals surface area contributed by atoms with Gasteiger partial charge in [0.15, 0.2) is 0 Å². The molecule has 96 valence electrons. The summed E-state index contributed by atoms with van der Waals surface area (Å²) in [5.41, 5.74) is 6.45. The summed E-state index contributed by atoms with van der Waals surface area (Å²) in [6, 6.07) is 7.75. The second-order valence-electron chi connectivity index (χ2n) is 5.63. The van der Waals surface area contributed by atoms with Crippen molar-refractivity contribution in [3.8, 4) is 5.75 Å². The van der Waals surface area contributed by atoms with Crippen LogP contribution in [0.2, 0.25) is 0 Å². The minimum Gasteiger partial charge on any atom is -0.488 e. The van der Waals surface area contributed by atoms with Crippen molar-refractivity contribution in [1.29, 1.82) is 0 Å². The fourth-order valence-electron chi connectivity index (χ4n) is 1.63. The van der Waals surface area contributed by atoms with Gasteiger partial charge in [-0.15, -0.1) is 0 Å². The van der Waals surface area contributed by atoms with E-state index in [4.69, 9.17) is 15.6 Å². The Labute approximate surface area is 104 Å². The molecular weight excluding hydrogens is 214 g/mol. The van der Waals surface area contributed by atoms with E-state index in [1.165, 1.54) is 0 Å². The topological polar surface area (TPSA) is 55.5 Å².